The van der Waals surface area contributed by atoms with Gasteiger partial charge in [0.05, 0.1) is 0 Å². The second-order valence-electron chi connectivity index (χ2n) is 9.55. The number of likely N-dealkylation sites (tertiary alicyclic amines) is 1. The fourth-order valence-corrected chi connectivity index (χ4v) is 3.43. The minimum atomic E-state index is -0.528. The molecule has 1 heterocycles. The summed E-state index contributed by atoms with van der Waals surface area (Å²) in [6.07, 6.45) is 0.905. The normalized spacial score (nSPS) is 20.6. The topological polar surface area (TPSA) is 75.4 Å². The lowest BCUT2D eigenvalue weighted by molar-refractivity contribution is -0.133. The maximum atomic E-state index is 13.0. The molecular weight excluding hydrogens is 374 g/mol. The predicted molar refractivity (Wildman–Crippen MR) is 117 cm³/mol. The van der Waals surface area contributed by atoms with E-state index in [1.54, 1.807) is 0 Å². The van der Waals surface area contributed by atoms with E-state index < -0.39 is 6.04 Å². The van der Waals surface area contributed by atoms with Crippen LogP contribution in [-0.2, 0) is 10.2 Å². The average molecular weight is 410 g/mol. The van der Waals surface area contributed by atoms with Crippen molar-refractivity contribution in [3.63, 3.8) is 0 Å². The number of carbonyl (C=O) groups is 2. The van der Waals surface area contributed by atoms with Crippen molar-refractivity contribution in [2.45, 2.75) is 59.4 Å². The van der Waals surface area contributed by atoms with Crippen molar-refractivity contribution in [2.75, 3.05) is 19.6 Å². The molecule has 2 amide bonds. The van der Waals surface area contributed by atoms with E-state index in [0.29, 0.717) is 25.2 Å². The van der Waals surface area contributed by atoms with Gasteiger partial charge in [-0.3, -0.25) is 9.59 Å². The third-order valence-electron chi connectivity index (χ3n) is 5.59. The molecule has 0 bridgehead atoms. The lowest BCUT2D eigenvalue weighted by atomic mass is 9.86. The van der Waals surface area contributed by atoms with E-state index in [0.717, 1.165) is 6.42 Å². The molecule has 0 radical (unpaired) electrons. The van der Waals surface area contributed by atoms with Crippen LogP contribution in [0.5, 0.6) is 0 Å². The minimum absolute atomic E-state index is 0. The molecule has 2 unspecified atom stereocenters. The van der Waals surface area contributed by atoms with E-state index in [2.05, 4.69) is 33.0 Å². The summed E-state index contributed by atoms with van der Waals surface area (Å²) in [5, 5.41) is 2.95. The van der Waals surface area contributed by atoms with Crippen molar-refractivity contribution < 1.29 is 9.59 Å². The Morgan fingerprint density at radius 2 is 1.79 bits per heavy atom. The minimum Gasteiger partial charge on any atom is -0.340 e. The molecule has 0 aromatic heterocycles. The zero-order valence-corrected chi connectivity index (χ0v) is 18.9. The van der Waals surface area contributed by atoms with Gasteiger partial charge in [0, 0.05) is 18.7 Å². The number of amides is 2. The molecule has 1 aliphatic heterocycles. The van der Waals surface area contributed by atoms with E-state index in [4.69, 9.17) is 5.73 Å². The van der Waals surface area contributed by atoms with Crippen molar-refractivity contribution in [1.82, 2.24) is 10.2 Å². The largest absolute Gasteiger partial charge is 0.340 e. The van der Waals surface area contributed by atoms with Gasteiger partial charge < -0.3 is 16.0 Å². The smallest absolute Gasteiger partial charge is 0.251 e. The molecule has 1 fully saturated rings. The van der Waals surface area contributed by atoms with Crippen LogP contribution in [0.2, 0.25) is 0 Å². The van der Waals surface area contributed by atoms with Crippen molar-refractivity contribution in [3.8, 4) is 0 Å². The molecular formula is C22H36ClN3O2. The summed E-state index contributed by atoms with van der Waals surface area (Å²) >= 11 is 0. The van der Waals surface area contributed by atoms with E-state index in [1.165, 1.54) is 5.56 Å². The van der Waals surface area contributed by atoms with Crippen molar-refractivity contribution in [2.24, 2.45) is 17.1 Å². The van der Waals surface area contributed by atoms with Crippen LogP contribution in [0.1, 0.15) is 63.9 Å². The van der Waals surface area contributed by atoms with Gasteiger partial charge in [0.1, 0.15) is 6.04 Å². The Bertz CT molecular complexity index is 682. The van der Waals surface area contributed by atoms with Gasteiger partial charge >= 0.3 is 0 Å². The maximum absolute atomic E-state index is 13.0. The highest BCUT2D eigenvalue weighted by molar-refractivity contribution is 5.97. The second kappa shape index (κ2) is 9.27. The number of rotatable bonds is 5. The van der Waals surface area contributed by atoms with Crippen molar-refractivity contribution in [3.05, 3.63) is 35.4 Å². The highest BCUT2D eigenvalue weighted by Crippen LogP contribution is 2.29. The maximum Gasteiger partial charge on any atom is 0.251 e. The molecule has 2 rings (SSSR count). The summed E-state index contributed by atoms with van der Waals surface area (Å²) in [5.74, 6) is -0.204. The van der Waals surface area contributed by atoms with Gasteiger partial charge in [0.25, 0.3) is 5.91 Å². The van der Waals surface area contributed by atoms with Crippen LogP contribution in [0, 0.1) is 11.3 Å². The molecule has 1 saturated heterocycles. The Morgan fingerprint density at radius 1 is 1.21 bits per heavy atom. The molecule has 158 valence electrons. The number of hydrogen-bond acceptors (Lipinski definition) is 3. The molecule has 1 aromatic carbocycles. The highest BCUT2D eigenvalue weighted by Gasteiger charge is 2.38. The van der Waals surface area contributed by atoms with E-state index >= 15 is 0 Å². The lowest BCUT2D eigenvalue weighted by Crippen LogP contribution is -2.51. The molecule has 2 atom stereocenters. The molecule has 1 aliphatic rings. The molecule has 0 saturated carbocycles. The van der Waals surface area contributed by atoms with E-state index in [1.807, 2.05) is 43.0 Å². The first-order valence-electron chi connectivity index (χ1n) is 9.87. The van der Waals surface area contributed by atoms with Gasteiger partial charge in [-0.2, -0.15) is 0 Å². The van der Waals surface area contributed by atoms with Crippen LogP contribution in [0.15, 0.2) is 24.3 Å². The number of carbonyl (C=O) groups excluding carboxylic acids is 2. The fraction of sp³-hybridized carbons (Fsp3) is 0.636. The first kappa shape index (κ1) is 24.4. The molecule has 28 heavy (non-hydrogen) atoms. The van der Waals surface area contributed by atoms with Gasteiger partial charge in [0.2, 0.25) is 5.91 Å². The monoisotopic (exact) mass is 409 g/mol. The first-order chi connectivity index (χ1) is 12.5. The predicted octanol–water partition coefficient (Wildman–Crippen LogP) is 3.36. The summed E-state index contributed by atoms with van der Waals surface area (Å²) in [5.41, 5.74) is 7.63. The summed E-state index contributed by atoms with van der Waals surface area (Å²) in [6, 6.07) is 7.10. The Kier molecular flexibility index (Phi) is 8.10. The molecule has 3 N–H and O–H groups in total. The fourth-order valence-electron chi connectivity index (χ4n) is 3.43. The van der Waals surface area contributed by atoms with Crippen molar-refractivity contribution in [1.29, 1.82) is 0 Å². The molecule has 6 heteroatoms. The van der Waals surface area contributed by atoms with E-state index in [9.17, 15) is 9.59 Å². The SMILES string of the molecule is CC(C)C(NC(=O)c1ccc(C(C)(C)C)cc1)C(=O)N1CCC(C)(CN)C1.Cl. The van der Waals surface area contributed by atoms with Crippen LogP contribution < -0.4 is 11.1 Å². The van der Waals surface area contributed by atoms with Crippen LogP contribution in [-0.4, -0.2) is 42.4 Å². The summed E-state index contributed by atoms with van der Waals surface area (Å²) in [7, 11) is 0. The number of hydrogen-bond donors (Lipinski definition) is 2. The van der Waals surface area contributed by atoms with Gasteiger partial charge in [0.15, 0.2) is 0 Å². The second-order valence-corrected chi connectivity index (χ2v) is 9.55. The zero-order chi connectivity index (χ0) is 20.4. The van der Waals surface area contributed by atoms with Gasteiger partial charge in [-0.25, -0.2) is 0 Å². The molecule has 0 aliphatic carbocycles. The summed E-state index contributed by atoms with van der Waals surface area (Å²) < 4.78 is 0. The van der Waals surface area contributed by atoms with Crippen LogP contribution >= 0.6 is 12.4 Å². The third-order valence-corrected chi connectivity index (χ3v) is 5.59. The number of halogens is 1. The molecule has 0 spiro atoms. The van der Waals surface area contributed by atoms with Gasteiger partial charge in [-0.15, -0.1) is 12.4 Å². The van der Waals surface area contributed by atoms with Gasteiger partial charge in [-0.1, -0.05) is 53.7 Å². The third kappa shape index (κ3) is 5.71. The first-order valence-corrected chi connectivity index (χ1v) is 9.87. The Labute approximate surface area is 175 Å². The standard InChI is InChI=1S/C22H35N3O2.ClH/c1-15(2)18(20(27)25-12-11-22(6,13-23)14-25)24-19(26)16-7-9-17(10-8-16)21(3,4)5;/h7-10,15,18H,11-14,23H2,1-6H3,(H,24,26);1H. The van der Waals surface area contributed by atoms with Crippen LogP contribution in [0.3, 0.4) is 0 Å². The Hall–Kier alpha value is -1.59. The molecule has 1 aromatic rings. The van der Waals surface area contributed by atoms with E-state index in [-0.39, 0.29) is 41.0 Å². The summed E-state index contributed by atoms with van der Waals surface area (Å²) in [4.78, 5) is 27.6. The quantitative estimate of drug-likeness (QED) is 0.782. The zero-order valence-electron chi connectivity index (χ0n) is 18.0. The van der Waals surface area contributed by atoms with Gasteiger partial charge in [-0.05, 0) is 47.4 Å². The lowest BCUT2D eigenvalue weighted by Gasteiger charge is -2.28. The number of nitrogens with zero attached hydrogens (tertiary/aromatic N) is 1. The molecule has 5 nitrogen and oxygen atoms in total. The Morgan fingerprint density at radius 3 is 2.21 bits per heavy atom. The van der Waals surface area contributed by atoms with Crippen LogP contribution in [0.25, 0.3) is 0 Å². The van der Waals surface area contributed by atoms with Crippen molar-refractivity contribution >= 4 is 24.2 Å². The number of nitrogens with two attached hydrogens (primary N) is 1. The van der Waals surface area contributed by atoms with Crippen LogP contribution in [0.4, 0.5) is 0 Å². The highest BCUT2D eigenvalue weighted by atomic mass is 35.5. The number of benzene rings is 1. The summed E-state index contributed by atoms with van der Waals surface area (Å²) in [6.45, 7) is 14.4. The number of nitrogens with one attached hydrogen (secondary N) is 1. The average Bonchev–Trinajstić information content (AvgIpc) is 3.01. The Balaban J connectivity index is 0.00000392.